The lowest BCUT2D eigenvalue weighted by atomic mass is 9.90. The van der Waals surface area contributed by atoms with Gasteiger partial charge in [0.2, 0.25) is 0 Å². The average molecular weight is 208 g/mol. The highest BCUT2D eigenvalue weighted by atomic mass is 16.3. The van der Waals surface area contributed by atoms with Crippen molar-refractivity contribution in [3.8, 4) is 0 Å². The third kappa shape index (κ3) is 4.21. The second-order valence-electron chi connectivity index (χ2n) is 4.61. The number of aliphatic hydroxyl groups is 1. The van der Waals surface area contributed by atoms with Crippen molar-refractivity contribution in [3.63, 3.8) is 0 Å². The van der Waals surface area contributed by atoms with Crippen molar-refractivity contribution >= 4 is 11.4 Å². The van der Waals surface area contributed by atoms with Crippen LogP contribution in [0.3, 0.4) is 0 Å². The molecule has 15 heavy (non-hydrogen) atoms. The Morgan fingerprint density at radius 2 is 1.87 bits per heavy atom. The monoisotopic (exact) mass is 208 g/mol. The number of anilines is 2. The molecule has 0 unspecified atom stereocenters. The van der Waals surface area contributed by atoms with Crippen molar-refractivity contribution in [3.05, 3.63) is 24.3 Å². The highest BCUT2D eigenvalue weighted by Crippen LogP contribution is 2.21. The Morgan fingerprint density at radius 3 is 2.40 bits per heavy atom. The van der Waals surface area contributed by atoms with E-state index in [-0.39, 0.29) is 12.0 Å². The molecule has 0 aromatic heterocycles. The van der Waals surface area contributed by atoms with Gasteiger partial charge in [-0.3, -0.25) is 0 Å². The summed E-state index contributed by atoms with van der Waals surface area (Å²) in [6.07, 6.45) is 0.801. The SMILES string of the molecule is CC(C)(CCO)CNc1ccc(N)cc1. The van der Waals surface area contributed by atoms with Gasteiger partial charge in [-0.25, -0.2) is 0 Å². The molecule has 0 fully saturated rings. The van der Waals surface area contributed by atoms with E-state index in [9.17, 15) is 0 Å². The van der Waals surface area contributed by atoms with Gasteiger partial charge >= 0.3 is 0 Å². The van der Waals surface area contributed by atoms with Crippen molar-refractivity contribution < 1.29 is 5.11 Å². The zero-order valence-electron chi connectivity index (χ0n) is 9.46. The second-order valence-corrected chi connectivity index (χ2v) is 4.61. The normalized spacial score (nSPS) is 11.4. The van der Waals surface area contributed by atoms with Crippen LogP contribution in [0.4, 0.5) is 11.4 Å². The lowest BCUT2D eigenvalue weighted by molar-refractivity contribution is 0.220. The van der Waals surface area contributed by atoms with Gasteiger partial charge in [-0.05, 0) is 36.1 Å². The summed E-state index contributed by atoms with van der Waals surface area (Å²) in [5.74, 6) is 0. The first-order chi connectivity index (χ1) is 7.03. The standard InChI is InChI=1S/C12H20N2O/c1-12(2,7-8-15)9-14-11-5-3-10(13)4-6-11/h3-6,14-15H,7-9,13H2,1-2H3. The predicted molar refractivity (Wildman–Crippen MR) is 64.8 cm³/mol. The molecule has 0 bridgehead atoms. The van der Waals surface area contributed by atoms with Crippen molar-refractivity contribution in [1.82, 2.24) is 0 Å². The van der Waals surface area contributed by atoms with Gasteiger partial charge in [0.1, 0.15) is 0 Å². The quantitative estimate of drug-likeness (QED) is 0.649. The van der Waals surface area contributed by atoms with Crippen LogP contribution in [-0.2, 0) is 0 Å². The average Bonchev–Trinajstić information content (AvgIpc) is 2.17. The second kappa shape index (κ2) is 5.03. The summed E-state index contributed by atoms with van der Waals surface area (Å²) in [5.41, 5.74) is 7.54. The summed E-state index contributed by atoms with van der Waals surface area (Å²) in [7, 11) is 0. The van der Waals surface area contributed by atoms with Gasteiger partial charge in [-0.15, -0.1) is 0 Å². The molecule has 0 heterocycles. The molecule has 0 amide bonds. The molecule has 0 radical (unpaired) electrons. The number of nitrogens with one attached hydrogen (secondary N) is 1. The van der Waals surface area contributed by atoms with Crippen LogP contribution in [0.25, 0.3) is 0 Å². The van der Waals surface area contributed by atoms with E-state index in [4.69, 9.17) is 10.8 Å². The van der Waals surface area contributed by atoms with Gasteiger partial charge in [-0.2, -0.15) is 0 Å². The zero-order chi connectivity index (χ0) is 11.3. The van der Waals surface area contributed by atoms with Gasteiger partial charge in [0, 0.05) is 24.5 Å². The minimum atomic E-state index is 0.107. The molecule has 3 nitrogen and oxygen atoms in total. The topological polar surface area (TPSA) is 58.3 Å². The van der Waals surface area contributed by atoms with E-state index in [1.807, 2.05) is 24.3 Å². The van der Waals surface area contributed by atoms with Crippen molar-refractivity contribution in [2.24, 2.45) is 5.41 Å². The number of rotatable bonds is 5. The molecule has 0 atom stereocenters. The van der Waals surface area contributed by atoms with Crippen LogP contribution in [0, 0.1) is 5.41 Å². The van der Waals surface area contributed by atoms with Crippen LogP contribution in [0.15, 0.2) is 24.3 Å². The van der Waals surface area contributed by atoms with Gasteiger partial charge in [0.15, 0.2) is 0 Å². The van der Waals surface area contributed by atoms with Crippen molar-refractivity contribution in [1.29, 1.82) is 0 Å². The maximum atomic E-state index is 8.89. The molecule has 1 rings (SSSR count). The van der Waals surface area contributed by atoms with Crippen LogP contribution in [-0.4, -0.2) is 18.3 Å². The Bertz CT molecular complexity index is 293. The Morgan fingerprint density at radius 1 is 1.27 bits per heavy atom. The van der Waals surface area contributed by atoms with E-state index in [2.05, 4.69) is 19.2 Å². The highest BCUT2D eigenvalue weighted by molar-refractivity contribution is 5.51. The summed E-state index contributed by atoms with van der Waals surface area (Å²) >= 11 is 0. The molecule has 0 spiro atoms. The smallest absolute Gasteiger partial charge is 0.0436 e. The van der Waals surface area contributed by atoms with Gasteiger partial charge in [0.05, 0.1) is 0 Å². The predicted octanol–water partition coefficient (Wildman–Crippen LogP) is 2.09. The number of hydrogen-bond donors (Lipinski definition) is 3. The Labute approximate surface area is 91.3 Å². The number of aliphatic hydroxyl groups excluding tert-OH is 1. The molecule has 3 heteroatoms. The molecule has 84 valence electrons. The van der Waals surface area contributed by atoms with Crippen LogP contribution in [0.5, 0.6) is 0 Å². The molecule has 0 aliphatic heterocycles. The summed E-state index contributed by atoms with van der Waals surface area (Å²) < 4.78 is 0. The van der Waals surface area contributed by atoms with E-state index in [0.29, 0.717) is 0 Å². The third-order valence-electron chi connectivity index (χ3n) is 2.47. The lowest BCUT2D eigenvalue weighted by Crippen LogP contribution is -2.24. The summed E-state index contributed by atoms with van der Waals surface area (Å²) in [6, 6.07) is 7.68. The third-order valence-corrected chi connectivity index (χ3v) is 2.47. The van der Waals surface area contributed by atoms with E-state index in [1.165, 1.54) is 0 Å². The first kappa shape index (κ1) is 11.9. The maximum Gasteiger partial charge on any atom is 0.0436 e. The largest absolute Gasteiger partial charge is 0.399 e. The fraction of sp³-hybridized carbons (Fsp3) is 0.500. The maximum absolute atomic E-state index is 8.89. The van der Waals surface area contributed by atoms with Gasteiger partial charge in [-0.1, -0.05) is 13.8 Å². The van der Waals surface area contributed by atoms with Crippen LogP contribution in [0.1, 0.15) is 20.3 Å². The number of nitrogens with two attached hydrogens (primary N) is 1. The van der Waals surface area contributed by atoms with Gasteiger partial charge in [0.25, 0.3) is 0 Å². The fourth-order valence-electron chi connectivity index (χ4n) is 1.33. The lowest BCUT2D eigenvalue weighted by Gasteiger charge is -2.24. The number of hydrogen-bond acceptors (Lipinski definition) is 3. The van der Waals surface area contributed by atoms with Crippen molar-refractivity contribution in [2.75, 3.05) is 24.2 Å². The Kier molecular flexibility index (Phi) is 3.97. The summed E-state index contributed by atoms with van der Waals surface area (Å²) in [4.78, 5) is 0. The van der Waals surface area contributed by atoms with Crippen molar-refractivity contribution in [2.45, 2.75) is 20.3 Å². The molecule has 0 saturated heterocycles. The zero-order valence-corrected chi connectivity index (χ0v) is 9.46. The first-order valence-corrected chi connectivity index (χ1v) is 5.24. The molecule has 0 aliphatic carbocycles. The molecule has 4 N–H and O–H groups in total. The molecule has 1 aromatic rings. The minimum absolute atomic E-state index is 0.107. The highest BCUT2D eigenvalue weighted by Gasteiger charge is 2.16. The van der Waals surface area contributed by atoms with Crippen LogP contribution in [0.2, 0.25) is 0 Å². The number of benzene rings is 1. The van der Waals surface area contributed by atoms with Crippen LogP contribution >= 0.6 is 0 Å². The van der Waals surface area contributed by atoms with E-state index in [0.717, 1.165) is 24.3 Å². The molecule has 0 aliphatic rings. The Hall–Kier alpha value is -1.22. The van der Waals surface area contributed by atoms with E-state index in [1.54, 1.807) is 0 Å². The molecule has 1 aromatic carbocycles. The number of nitrogen functional groups attached to an aromatic ring is 1. The fourth-order valence-corrected chi connectivity index (χ4v) is 1.33. The van der Waals surface area contributed by atoms with E-state index >= 15 is 0 Å². The van der Waals surface area contributed by atoms with E-state index < -0.39 is 0 Å². The molecule has 0 saturated carbocycles. The Balaban J connectivity index is 2.46. The van der Waals surface area contributed by atoms with Gasteiger partial charge < -0.3 is 16.2 Å². The minimum Gasteiger partial charge on any atom is -0.399 e. The summed E-state index contributed by atoms with van der Waals surface area (Å²) in [5, 5.41) is 12.2. The van der Waals surface area contributed by atoms with Crippen LogP contribution < -0.4 is 11.1 Å². The summed E-state index contributed by atoms with van der Waals surface area (Å²) in [6.45, 7) is 5.34. The molecular weight excluding hydrogens is 188 g/mol. The molecular formula is C12H20N2O. The first-order valence-electron chi connectivity index (χ1n) is 5.24.